The van der Waals surface area contributed by atoms with E-state index < -0.39 is 0 Å². The number of aromatic nitrogens is 1. The van der Waals surface area contributed by atoms with Gasteiger partial charge in [-0.05, 0) is 73.4 Å². The summed E-state index contributed by atoms with van der Waals surface area (Å²) in [5.74, 6) is -0.186. The zero-order valence-electron chi connectivity index (χ0n) is 14.7. The Hall–Kier alpha value is -2.53. The van der Waals surface area contributed by atoms with Crippen LogP contribution in [0.15, 0.2) is 52.5 Å². The lowest BCUT2D eigenvalue weighted by Crippen LogP contribution is -2.17. The first-order chi connectivity index (χ1) is 12.7. The minimum absolute atomic E-state index is 0.186. The number of thioether (sulfide) groups is 1. The summed E-state index contributed by atoms with van der Waals surface area (Å²) >= 11 is 1.70. The predicted molar refractivity (Wildman–Crippen MR) is 108 cm³/mol. The summed E-state index contributed by atoms with van der Waals surface area (Å²) in [5.41, 5.74) is 8.04. The highest BCUT2D eigenvalue weighted by Gasteiger charge is 2.16. The van der Waals surface area contributed by atoms with E-state index in [4.69, 9.17) is 0 Å². The Morgan fingerprint density at radius 1 is 1.15 bits per heavy atom. The predicted octanol–water partition coefficient (Wildman–Crippen LogP) is 4.53. The molecule has 0 fully saturated rings. The van der Waals surface area contributed by atoms with Gasteiger partial charge in [0.2, 0.25) is 0 Å². The molecule has 1 aliphatic carbocycles. The van der Waals surface area contributed by atoms with Gasteiger partial charge < -0.3 is 4.98 Å². The first-order valence-corrected chi connectivity index (χ1v) is 10.1. The maximum atomic E-state index is 12.4. The molecule has 0 saturated carbocycles. The van der Waals surface area contributed by atoms with Gasteiger partial charge in [-0.25, -0.2) is 5.43 Å². The maximum absolute atomic E-state index is 12.4. The van der Waals surface area contributed by atoms with Crippen molar-refractivity contribution in [2.75, 3.05) is 6.26 Å². The van der Waals surface area contributed by atoms with Gasteiger partial charge in [-0.2, -0.15) is 5.10 Å². The molecular formula is C21H21N3OS. The Labute approximate surface area is 157 Å². The van der Waals surface area contributed by atoms with Gasteiger partial charge in [0, 0.05) is 27.1 Å². The van der Waals surface area contributed by atoms with Crippen LogP contribution in [-0.2, 0) is 12.8 Å². The molecule has 0 saturated heterocycles. The Morgan fingerprint density at radius 2 is 1.96 bits per heavy atom. The van der Waals surface area contributed by atoms with Crippen molar-refractivity contribution in [3.63, 3.8) is 0 Å². The highest BCUT2D eigenvalue weighted by molar-refractivity contribution is 7.98. The van der Waals surface area contributed by atoms with Gasteiger partial charge in [-0.3, -0.25) is 4.79 Å². The van der Waals surface area contributed by atoms with Crippen molar-refractivity contribution in [3.05, 3.63) is 64.8 Å². The molecule has 2 aromatic carbocycles. The number of carbonyl (C=O) groups is 1. The van der Waals surface area contributed by atoms with Gasteiger partial charge in [0.05, 0.1) is 6.21 Å². The van der Waals surface area contributed by atoms with Gasteiger partial charge in [0.25, 0.3) is 5.91 Å². The molecule has 3 aromatic rings. The molecule has 1 amide bonds. The molecule has 1 aliphatic rings. The van der Waals surface area contributed by atoms with E-state index in [0.717, 1.165) is 23.9 Å². The molecule has 0 bridgehead atoms. The molecule has 5 heteroatoms. The second kappa shape index (κ2) is 7.38. The summed E-state index contributed by atoms with van der Waals surface area (Å²) in [6.45, 7) is 0. The van der Waals surface area contributed by atoms with E-state index in [1.54, 1.807) is 18.0 Å². The number of hydrogen-bond acceptors (Lipinski definition) is 3. The van der Waals surface area contributed by atoms with Crippen LogP contribution in [0.5, 0.6) is 0 Å². The highest BCUT2D eigenvalue weighted by Crippen LogP contribution is 2.29. The van der Waals surface area contributed by atoms with Crippen LogP contribution in [-0.4, -0.2) is 23.4 Å². The SMILES string of the molecule is CSc1ccc(/C=N/NC(=O)c2ccc3[nH]c4c(c3c2)CCCC4)cc1. The van der Waals surface area contributed by atoms with Crippen LogP contribution >= 0.6 is 11.8 Å². The molecule has 0 unspecified atom stereocenters. The third-order valence-electron chi connectivity index (χ3n) is 4.86. The summed E-state index contributed by atoms with van der Waals surface area (Å²) < 4.78 is 0. The normalized spacial score (nSPS) is 13.9. The summed E-state index contributed by atoms with van der Waals surface area (Å²) in [5, 5.41) is 5.26. The number of aromatic amines is 1. The average Bonchev–Trinajstić information content (AvgIpc) is 3.06. The number of fused-ring (bicyclic) bond motifs is 3. The number of hydrogen-bond donors (Lipinski definition) is 2. The van der Waals surface area contributed by atoms with E-state index in [1.807, 2.05) is 48.7 Å². The van der Waals surface area contributed by atoms with Crippen molar-refractivity contribution < 1.29 is 4.79 Å². The van der Waals surface area contributed by atoms with Gasteiger partial charge in [0.1, 0.15) is 0 Å². The molecule has 2 N–H and O–H groups in total. The number of nitrogens with zero attached hydrogens (tertiary/aromatic N) is 1. The van der Waals surface area contributed by atoms with Crippen molar-refractivity contribution in [2.45, 2.75) is 30.6 Å². The van der Waals surface area contributed by atoms with Crippen LogP contribution in [0.25, 0.3) is 10.9 Å². The minimum atomic E-state index is -0.186. The zero-order chi connectivity index (χ0) is 17.9. The first kappa shape index (κ1) is 16.9. The molecule has 1 aromatic heterocycles. The molecule has 0 radical (unpaired) electrons. The van der Waals surface area contributed by atoms with E-state index in [9.17, 15) is 4.79 Å². The molecule has 132 valence electrons. The van der Waals surface area contributed by atoms with E-state index in [1.165, 1.54) is 34.4 Å². The molecule has 4 nitrogen and oxygen atoms in total. The topological polar surface area (TPSA) is 57.2 Å². The smallest absolute Gasteiger partial charge is 0.271 e. The Balaban J connectivity index is 1.49. The fourth-order valence-corrected chi connectivity index (χ4v) is 3.88. The number of aryl methyl sites for hydroxylation is 2. The van der Waals surface area contributed by atoms with E-state index in [0.29, 0.717) is 5.56 Å². The summed E-state index contributed by atoms with van der Waals surface area (Å²) in [4.78, 5) is 17.1. The molecule has 0 spiro atoms. The Bertz CT molecular complexity index is 973. The van der Waals surface area contributed by atoms with Crippen molar-refractivity contribution in [2.24, 2.45) is 5.10 Å². The molecule has 26 heavy (non-hydrogen) atoms. The lowest BCUT2D eigenvalue weighted by Gasteiger charge is -2.10. The van der Waals surface area contributed by atoms with Crippen LogP contribution in [0.1, 0.15) is 40.0 Å². The fraction of sp³-hybridized carbons (Fsp3) is 0.238. The van der Waals surface area contributed by atoms with Crippen molar-refractivity contribution in [3.8, 4) is 0 Å². The van der Waals surface area contributed by atoms with Gasteiger partial charge >= 0.3 is 0 Å². The molecule has 1 heterocycles. The van der Waals surface area contributed by atoms with Crippen LogP contribution in [0.3, 0.4) is 0 Å². The highest BCUT2D eigenvalue weighted by atomic mass is 32.2. The summed E-state index contributed by atoms with van der Waals surface area (Å²) in [6.07, 6.45) is 8.35. The monoisotopic (exact) mass is 363 g/mol. The third kappa shape index (κ3) is 3.40. The van der Waals surface area contributed by atoms with Crippen molar-refractivity contribution in [1.82, 2.24) is 10.4 Å². The number of hydrazone groups is 1. The van der Waals surface area contributed by atoms with E-state index in [-0.39, 0.29) is 5.91 Å². The minimum Gasteiger partial charge on any atom is -0.358 e. The zero-order valence-corrected chi connectivity index (χ0v) is 15.5. The van der Waals surface area contributed by atoms with Crippen LogP contribution in [0.2, 0.25) is 0 Å². The molecule has 0 aliphatic heterocycles. The number of carbonyl (C=O) groups excluding carboxylic acids is 1. The summed E-state index contributed by atoms with van der Waals surface area (Å²) in [6, 6.07) is 13.9. The van der Waals surface area contributed by atoms with Crippen LogP contribution in [0, 0.1) is 0 Å². The van der Waals surface area contributed by atoms with Gasteiger partial charge in [-0.15, -0.1) is 11.8 Å². The average molecular weight is 363 g/mol. The van der Waals surface area contributed by atoms with E-state index >= 15 is 0 Å². The largest absolute Gasteiger partial charge is 0.358 e. The molecular weight excluding hydrogens is 342 g/mol. The number of H-pyrrole nitrogens is 1. The van der Waals surface area contributed by atoms with Gasteiger partial charge in [-0.1, -0.05) is 12.1 Å². The Morgan fingerprint density at radius 3 is 2.77 bits per heavy atom. The Kier molecular flexibility index (Phi) is 4.80. The third-order valence-corrected chi connectivity index (χ3v) is 5.60. The summed E-state index contributed by atoms with van der Waals surface area (Å²) in [7, 11) is 0. The lowest BCUT2D eigenvalue weighted by atomic mass is 9.95. The first-order valence-electron chi connectivity index (χ1n) is 8.85. The lowest BCUT2D eigenvalue weighted by molar-refractivity contribution is 0.0955. The standard InChI is InChI=1S/C21H21N3OS/c1-26-16-9-6-14(7-10-16)13-22-24-21(25)15-8-11-20-18(12-15)17-4-2-3-5-19(17)23-20/h6-13,23H,2-5H2,1H3,(H,24,25)/b22-13+. The van der Waals surface area contributed by atoms with Crippen molar-refractivity contribution >= 4 is 34.8 Å². The van der Waals surface area contributed by atoms with Crippen LogP contribution < -0.4 is 5.43 Å². The van der Waals surface area contributed by atoms with Crippen molar-refractivity contribution in [1.29, 1.82) is 0 Å². The van der Waals surface area contributed by atoms with Crippen LogP contribution in [0.4, 0.5) is 0 Å². The number of rotatable bonds is 4. The van der Waals surface area contributed by atoms with Gasteiger partial charge in [0.15, 0.2) is 0 Å². The fourth-order valence-electron chi connectivity index (χ4n) is 3.47. The molecule has 0 atom stereocenters. The number of benzene rings is 2. The second-order valence-corrected chi connectivity index (χ2v) is 7.40. The maximum Gasteiger partial charge on any atom is 0.271 e. The number of amides is 1. The second-order valence-electron chi connectivity index (χ2n) is 6.52. The molecule has 4 rings (SSSR count). The quantitative estimate of drug-likeness (QED) is 0.406. The number of nitrogens with one attached hydrogen (secondary N) is 2. The van der Waals surface area contributed by atoms with E-state index in [2.05, 4.69) is 15.5 Å².